The third-order valence-electron chi connectivity index (χ3n) is 5.36. The van der Waals surface area contributed by atoms with Gasteiger partial charge < -0.3 is 10.2 Å². The van der Waals surface area contributed by atoms with Gasteiger partial charge in [-0.15, -0.1) is 0 Å². The lowest BCUT2D eigenvalue weighted by Crippen LogP contribution is -2.47. The lowest BCUT2D eigenvalue weighted by molar-refractivity contribution is -0.126. The summed E-state index contributed by atoms with van der Waals surface area (Å²) in [6.07, 6.45) is 6.86. The number of carbonyl (C=O) groups is 2. The number of nitriles is 1. The summed E-state index contributed by atoms with van der Waals surface area (Å²) in [6, 6.07) is 8.86. The van der Waals surface area contributed by atoms with Crippen LogP contribution in [0.15, 0.2) is 24.3 Å². The van der Waals surface area contributed by atoms with E-state index in [9.17, 15) is 9.59 Å². The van der Waals surface area contributed by atoms with Crippen molar-refractivity contribution in [1.29, 1.82) is 5.26 Å². The third kappa shape index (κ3) is 4.01. The summed E-state index contributed by atoms with van der Waals surface area (Å²) >= 11 is 0. The van der Waals surface area contributed by atoms with Gasteiger partial charge in [0, 0.05) is 24.7 Å². The molecule has 0 bridgehead atoms. The first kappa shape index (κ1) is 17.5. The van der Waals surface area contributed by atoms with E-state index < -0.39 is 0 Å². The normalized spacial score (nSPS) is 24.6. The van der Waals surface area contributed by atoms with Gasteiger partial charge in [0.25, 0.3) is 5.91 Å². The van der Waals surface area contributed by atoms with Crippen LogP contribution in [0.4, 0.5) is 0 Å². The van der Waals surface area contributed by atoms with Crippen LogP contribution >= 0.6 is 0 Å². The molecule has 1 N–H and O–H groups in total. The standard InChI is InChI=1S/C20H25N3O2/c21-14-15-8-10-16(11-9-15)20(25)23-13-4-2-1-3-12-22-19(24)17-6-5-7-18(17)23/h8-11,17-18H,1-7,12-13H2,(H,22,24)/t17-,18+/m1/s1. The SMILES string of the molecule is N#Cc1ccc(C(=O)N2CCCCCCNC(=O)[C@@H]3CCC[C@@H]32)cc1. The van der Waals surface area contributed by atoms with Crippen molar-refractivity contribution in [2.24, 2.45) is 5.92 Å². The summed E-state index contributed by atoms with van der Waals surface area (Å²) in [7, 11) is 0. The molecule has 0 unspecified atom stereocenters. The van der Waals surface area contributed by atoms with Crippen LogP contribution in [-0.4, -0.2) is 35.8 Å². The highest BCUT2D eigenvalue weighted by molar-refractivity contribution is 5.95. The zero-order valence-electron chi connectivity index (χ0n) is 14.5. The molecule has 2 fully saturated rings. The van der Waals surface area contributed by atoms with Crippen molar-refractivity contribution in [2.75, 3.05) is 13.1 Å². The van der Waals surface area contributed by atoms with Crippen molar-refractivity contribution >= 4 is 11.8 Å². The van der Waals surface area contributed by atoms with Crippen LogP contribution in [0.5, 0.6) is 0 Å². The lowest BCUT2D eigenvalue weighted by Gasteiger charge is -2.32. The van der Waals surface area contributed by atoms with Crippen LogP contribution in [0.1, 0.15) is 60.9 Å². The van der Waals surface area contributed by atoms with Crippen LogP contribution in [-0.2, 0) is 4.79 Å². The predicted molar refractivity (Wildman–Crippen MR) is 94.8 cm³/mol. The molecule has 1 saturated heterocycles. The molecule has 5 nitrogen and oxygen atoms in total. The Bertz CT molecular complexity index is 663. The third-order valence-corrected chi connectivity index (χ3v) is 5.36. The Hall–Kier alpha value is -2.35. The molecule has 1 aliphatic carbocycles. The predicted octanol–water partition coefficient (Wildman–Crippen LogP) is 2.86. The van der Waals surface area contributed by atoms with Crippen molar-refractivity contribution in [2.45, 2.75) is 51.0 Å². The Balaban J connectivity index is 1.84. The average molecular weight is 339 g/mol. The summed E-state index contributed by atoms with van der Waals surface area (Å²) in [6.45, 7) is 1.44. The van der Waals surface area contributed by atoms with Gasteiger partial charge in [-0.3, -0.25) is 9.59 Å². The van der Waals surface area contributed by atoms with E-state index in [2.05, 4.69) is 11.4 Å². The van der Waals surface area contributed by atoms with Crippen LogP contribution in [0.3, 0.4) is 0 Å². The molecule has 5 heteroatoms. The minimum Gasteiger partial charge on any atom is -0.356 e. The first-order valence-corrected chi connectivity index (χ1v) is 9.29. The Morgan fingerprint density at radius 1 is 1.08 bits per heavy atom. The van der Waals surface area contributed by atoms with E-state index in [0.717, 1.165) is 51.5 Å². The van der Waals surface area contributed by atoms with E-state index in [0.29, 0.717) is 17.7 Å². The van der Waals surface area contributed by atoms with Gasteiger partial charge in [0.1, 0.15) is 0 Å². The maximum atomic E-state index is 13.1. The van der Waals surface area contributed by atoms with Gasteiger partial charge in [-0.1, -0.05) is 19.3 Å². The zero-order valence-corrected chi connectivity index (χ0v) is 14.5. The average Bonchev–Trinajstić information content (AvgIpc) is 3.11. The molecule has 25 heavy (non-hydrogen) atoms. The fourth-order valence-electron chi connectivity index (χ4n) is 3.99. The summed E-state index contributed by atoms with van der Waals surface area (Å²) in [5, 5.41) is 12.0. The van der Waals surface area contributed by atoms with E-state index >= 15 is 0 Å². The number of benzene rings is 1. The molecular formula is C20H25N3O2. The molecular weight excluding hydrogens is 314 g/mol. The topological polar surface area (TPSA) is 73.2 Å². The zero-order chi connectivity index (χ0) is 17.6. The Morgan fingerprint density at radius 2 is 1.84 bits per heavy atom. The van der Waals surface area contributed by atoms with Gasteiger partial charge in [0.15, 0.2) is 0 Å². The van der Waals surface area contributed by atoms with E-state index in [1.165, 1.54) is 0 Å². The van der Waals surface area contributed by atoms with Gasteiger partial charge >= 0.3 is 0 Å². The van der Waals surface area contributed by atoms with Gasteiger partial charge in [-0.25, -0.2) is 0 Å². The van der Waals surface area contributed by atoms with Crippen LogP contribution < -0.4 is 5.32 Å². The highest BCUT2D eigenvalue weighted by Gasteiger charge is 2.38. The highest BCUT2D eigenvalue weighted by atomic mass is 16.2. The van der Waals surface area contributed by atoms with Gasteiger partial charge in [0.05, 0.1) is 17.6 Å². The smallest absolute Gasteiger partial charge is 0.254 e. The van der Waals surface area contributed by atoms with Crippen molar-refractivity contribution in [1.82, 2.24) is 10.2 Å². The van der Waals surface area contributed by atoms with E-state index in [4.69, 9.17) is 5.26 Å². The number of hydrogen-bond donors (Lipinski definition) is 1. The van der Waals surface area contributed by atoms with Gasteiger partial charge in [-0.05, 0) is 49.9 Å². The fraction of sp³-hybridized carbons (Fsp3) is 0.550. The maximum absolute atomic E-state index is 13.1. The molecule has 1 aliphatic heterocycles. The second kappa shape index (κ2) is 8.15. The lowest BCUT2D eigenvalue weighted by atomic mass is 9.99. The largest absolute Gasteiger partial charge is 0.356 e. The summed E-state index contributed by atoms with van der Waals surface area (Å²) in [5.74, 6) is -0.0177. The summed E-state index contributed by atoms with van der Waals surface area (Å²) < 4.78 is 0. The Kier molecular flexibility index (Phi) is 5.70. The summed E-state index contributed by atoms with van der Waals surface area (Å²) in [4.78, 5) is 27.6. The minimum absolute atomic E-state index is 0.0127. The second-order valence-corrected chi connectivity index (χ2v) is 7.00. The molecule has 1 aromatic rings. The number of carbonyl (C=O) groups excluding carboxylic acids is 2. The first-order valence-electron chi connectivity index (χ1n) is 9.29. The Morgan fingerprint density at radius 3 is 2.60 bits per heavy atom. The fourth-order valence-corrected chi connectivity index (χ4v) is 3.99. The van der Waals surface area contributed by atoms with Gasteiger partial charge in [-0.2, -0.15) is 5.26 Å². The van der Waals surface area contributed by atoms with E-state index in [1.54, 1.807) is 24.3 Å². The van der Waals surface area contributed by atoms with Crippen molar-refractivity contribution in [3.05, 3.63) is 35.4 Å². The molecule has 3 rings (SSSR count). The van der Waals surface area contributed by atoms with Crippen LogP contribution in [0.25, 0.3) is 0 Å². The van der Waals surface area contributed by atoms with Crippen molar-refractivity contribution < 1.29 is 9.59 Å². The molecule has 0 radical (unpaired) electrons. The minimum atomic E-state index is -0.0968. The van der Waals surface area contributed by atoms with Crippen LogP contribution in [0.2, 0.25) is 0 Å². The molecule has 132 valence electrons. The molecule has 1 aromatic carbocycles. The number of nitrogens with zero attached hydrogens (tertiary/aromatic N) is 2. The first-order chi connectivity index (χ1) is 12.2. The molecule has 2 atom stereocenters. The number of amides is 2. The number of rotatable bonds is 1. The molecule has 1 heterocycles. The maximum Gasteiger partial charge on any atom is 0.254 e. The quantitative estimate of drug-likeness (QED) is 0.855. The number of fused-ring (bicyclic) bond motifs is 1. The second-order valence-electron chi connectivity index (χ2n) is 7.00. The van der Waals surface area contributed by atoms with Crippen molar-refractivity contribution in [3.63, 3.8) is 0 Å². The van der Waals surface area contributed by atoms with Crippen LogP contribution in [0, 0.1) is 17.2 Å². The molecule has 2 aliphatic rings. The highest BCUT2D eigenvalue weighted by Crippen LogP contribution is 2.32. The molecule has 0 spiro atoms. The molecule has 1 saturated carbocycles. The van der Waals surface area contributed by atoms with E-state index in [1.807, 2.05) is 4.90 Å². The Labute approximate surface area is 149 Å². The molecule has 0 aromatic heterocycles. The monoisotopic (exact) mass is 339 g/mol. The molecule has 2 amide bonds. The number of nitrogens with one attached hydrogen (secondary N) is 1. The summed E-state index contributed by atoms with van der Waals surface area (Å²) in [5.41, 5.74) is 1.15. The van der Waals surface area contributed by atoms with Crippen molar-refractivity contribution in [3.8, 4) is 6.07 Å². The number of hydrogen-bond acceptors (Lipinski definition) is 3. The van der Waals surface area contributed by atoms with E-state index in [-0.39, 0.29) is 23.8 Å². The van der Waals surface area contributed by atoms with Gasteiger partial charge in [0.2, 0.25) is 5.91 Å².